The molecule has 0 unspecified atom stereocenters. The lowest BCUT2D eigenvalue weighted by Gasteiger charge is -2.06. The molecule has 2 N–H and O–H groups in total. The first-order valence-corrected chi connectivity index (χ1v) is 5.70. The van der Waals surface area contributed by atoms with Gasteiger partial charge in [0.2, 0.25) is 20.2 Å². The van der Waals surface area contributed by atoms with E-state index in [1.807, 2.05) is 0 Å². The number of nitrogens with two attached hydrogens (primary N) is 1. The Bertz CT molecular complexity index is 178. The van der Waals surface area contributed by atoms with Crippen LogP contribution in [0.1, 0.15) is 12.8 Å². The van der Waals surface area contributed by atoms with Gasteiger partial charge in [-0.1, -0.05) is 6.42 Å². The highest BCUT2D eigenvalue weighted by molar-refractivity contribution is 7.80. The number of rotatable bonds is 1. The second-order valence-corrected chi connectivity index (χ2v) is 4.04. The van der Waals surface area contributed by atoms with Crippen molar-refractivity contribution in [3.8, 4) is 0 Å². The highest BCUT2D eigenvalue weighted by Gasteiger charge is 1.97. The topological polar surface area (TPSA) is 102 Å². The molecular weight excluding hydrogens is 202 g/mol. The highest BCUT2D eigenvalue weighted by atomic mass is 32.3. The predicted molar refractivity (Wildman–Crippen MR) is 40.7 cm³/mol. The van der Waals surface area contributed by atoms with E-state index in [1.54, 1.807) is 0 Å². The van der Waals surface area contributed by atoms with Gasteiger partial charge in [0.25, 0.3) is 0 Å². The Morgan fingerprint density at radius 3 is 2.17 bits per heavy atom. The molecule has 0 atom stereocenters. The van der Waals surface area contributed by atoms with Crippen LogP contribution in [-0.4, -0.2) is 29.3 Å². The fourth-order valence-electron chi connectivity index (χ4n) is 0.516. The largest absolute Gasteiger partial charge is 0.724 e. The zero-order chi connectivity index (χ0) is 9.45. The van der Waals surface area contributed by atoms with Crippen LogP contribution in [0.25, 0.3) is 0 Å². The molecule has 6 nitrogen and oxygen atoms in total. The quantitative estimate of drug-likeness (QED) is 0.263. The Kier molecular flexibility index (Phi) is 6.52. The van der Waals surface area contributed by atoms with Crippen LogP contribution in [0.15, 0.2) is 0 Å². The van der Waals surface area contributed by atoms with E-state index in [0.29, 0.717) is 0 Å². The van der Waals surface area contributed by atoms with Crippen molar-refractivity contribution in [1.29, 1.82) is 0 Å². The van der Waals surface area contributed by atoms with E-state index in [9.17, 15) is 0 Å². The van der Waals surface area contributed by atoms with E-state index < -0.39 is 10.4 Å². The van der Waals surface area contributed by atoms with Gasteiger partial charge in [0.1, 0.15) is 0 Å². The maximum atomic E-state index is 9.10. The first-order chi connectivity index (χ1) is 5.56. The van der Waals surface area contributed by atoms with Crippen molar-refractivity contribution < 1.29 is 21.7 Å². The van der Waals surface area contributed by atoms with Gasteiger partial charge in [-0.25, -0.2) is 8.42 Å². The van der Waals surface area contributed by atoms with Crippen molar-refractivity contribution in [2.45, 2.75) is 18.9 Å². The van der Waals surface area contributed by atoms with Gasteiger partial charge >= 0.3 is 0 Å². The molecule has 1 heterocycles. The minimum absolute atomic E-state index is 0.802. The summed E-state index contributed by atoms with van der Waals surface area (Å²) in [6, 6.07) is 1.31. The van der Waals surface area contributed by atoms with Gasteiger partial charge in [-0.05, 0) is 12.5 Å². The summed E-state index contributed by atoms with van der Waals surface area (Å²) in [5.74, 6) is 3.91. The van der Waals surface area contributed by atoms with Gasteiger partial charge in [0, 0.05) is 6.61 Å². The summed E-state index contributed by atoms with van der Waals surface area (Å²) in [6.07, 6.45) is 2.67. The van der Waals surface area contributed by atoms with Crippen LogP contribution in [0.3, 0.4) is 0 Å². The molecule has 2 radical (unpaired) electrons. The summed E-state index contributed by atoms with van der Waals surface area (Å²) in [6.45, 7) is 1.01. The van der Waals surface area contributed by atoms with Crippen LogP contribution < -0.4 is 5.90 Å². The summed E-state index contributed by atoms with van der Waals surface area (Å²) >= 11 is 0. The predicted octanol–water partition coefficient (Wildman–Crippen LogP) is -0.829. The summed E-state index contributed by atoms with van der Waals surface area (Å²) in [5.41, 5.74) is 0. The highest BCUT2D eigenvalue weighted by Crippen LogP contribution is 2.01. The average molecular weight is 212 g/mol. The normalized spacial score (nSPS) is 17.8. The summed E-state index contributed by atoms with van der Waals surface area (Å²) in [5, 5.41) is 0. The third kappa shape index (κ3) is 10.0. The fourth-order valence-corrected chi connectivity index (χ4v) is 1.34. The van der Waals surface area contributed by atoms with Crippen molar-refractivity contribution in [3.05, 3.63) is 0 Å². The molecule has 72 valence electrons. The second-order valence-electron chi connectivity index (χ2n) is 1.95. The second kappa shape index (κ2) is 6.52. The fraction of sp³-hybridized carbons (Fsp3) is 1.00. The molecule has 1 saturated heterocycles. The molecule has 12 heavy (non-hydrogen) atoms. The number of hydrogen-bond acceptors (Lipinski definition) is 6. The molecule has 0 aromatic rings. The first kappa shape index (κ1) is 12.0. The van der Waals surface area contributed by atoms with Crippen LogP contribution in [0.2, 0.25) is 6.04 Å². The van der Waals surface area contributed by atoms with E-state index in [4.69, 9.17) is 17.4 Å². The molecule has 0 spiro atoms. The van der Waals surface area contributed by atoms with Gasteiger partial charge in [0.05, 0.1) is 0 Å². The van der Waals surface area contributed by atoms with Crippen molar-refractivity contribution in [2.24, 2.45) is 5.90 Å². The number of hydrogen-bond donors (Lipinski definition) is 1. The lowest BCUT2D eigenvalue weighted by molar-refractivity contribution is 0.270. The molecule has 1 aliphatic rings. The molecule has 8 heteroatoms. The molecule has 1 rings (SSSR count). The van der Waals surface area contributed by atoms with Crippen LogP contribution in [0.4, 0.5) is 0 Å². The van der Waals surface area contributed by atoms with Crippen molar-refractivity contribution >= 4 is 20.2 Å². The molecule has 0 aliphatic carbocycles. The van der Waals surface area contributed by atoms with Crippen LogP contribution >= 0.6 is 0 Å². The van der Waals surface area contributed by atoms with E-state index >= 15 is 0 Å². The van der Waals surface area contributed by atoms with Crippen LogP contribution in [0.5, 0.6) is 0 Å². The summed E-state index contributed by atoms with van der Waals surface area (Å²) < 4.78 is 35.2. The minimum atomic E-state index is -4.63. The van der Waals surface area contributed by atoms with E-state index in [2.05, 4.69) is 10.2 Å². The smallest absolute Gasteiger partial charge is 0.233 e. The Labute approximate surface area is 73.9 Å². The Balaban J connectivity index is 0.000000202. The molecule has 0 amide bonds. The summed E-state index contributed by atoms with van der Waals surface area (Å²) in [7, 11) is -3.83. The average Bonchev–Trinajstić information content (AvgIpc) is 2.07. The Morgan fingerprint density at radius 2 is 2.08 bits per heavy atom. The third-order valence-corrected chi connectivity index (χ3v) is 2.20. The summed E-state index contributed by atoms with van der Waals surface area (Å²) in [4.78, 5) is 0. The standard InChI is InChI=1S/C4H8OSi.H3NO4S/c1-2-4-6-5-3-1;1-5-6(2,3)4/h1-4H2;1H2,(H,2,3,4)/p-1. The van der Waals surface area contributed by atoms with Gasteiger partial charge in [0.15, 0.2) is 0 Å². The molecule has 1 aliphatic heterocycles. The molecular formula is C4H10NO5SSi-. The van der Waals surface area contributed by atoms with E-state index in [1.165, 1.54) is 18.9 Å². The van der Waals surface area contributed by atoms with Gasteiger partial charge in [-0.3, -0.25) is 0 Å². The first-order valence-electron chi connectivity index (χ1n) is 3.25. The molecule has 0 aromatic carbocycles. The maximum absolute atomic E-state index is 9.10. The molecule has 0 saturated carbocycles. The molecule has 0 bridgehead atoms. The van der Waals surface area contributed by atoms with Crippen LogP contribution in [0, 0.1) is 0 Å². The zero-order valence-corrected chi connectivity index (χ0v) is 8.17. The van der Waals surface area contributed by atoms with E-state index in [0.717, 1.165) is 16.4 Å². The maximum Gasteiger partial charge on any atom is 0.233 e. The van der Waals surface area contributed by atoms with Crippen molar-refractivity contribution in [2.75, 3.05) is 6.61 Å². The molecule has 1 fully saturated rings. The lowest BCUT2D eigenvalue weighted by Crippen LogP contribution is -2.08. The lowest BCUT2D eigenvalue weighted by atomic mass is 10.4. The van der Waals surface area contributed by atoms with E-state index in [-0.39, 0.29) is 0 Å². The van der Waals surface area contributed by atoms with Crippen LogP contribution in [-0.2, 0) is 19.1 Å². The Hall–Kier alpha value is 0.00688. The van der Waals surface area contributed by atoms with Crippen molar-refractivity contribution in [1.82, 2.24) is 0 Å². The monoisotopic (exact) mass is 212 g/mol. The third-order valence-electron chi connectivity index (χ3n) is 0.995. The zero-order valence-electron chi connectivity index (χ0n) is 6.36. The Morgan fingerprint density at radius 1 is 1.50 bits per heavy atom. The van der Waals surface area contributed by atoms with Gasteiger partial charge in [-0.15, -0.1) is 0 Å². The molecule has 0 aromatic heterocycles. The minimum Gasteiger partial charge on any atom is -0.724 e. The van der Waals surface area contributed by atoms with Gasteiger partial charge in [-0.2, -0.15) is 10.2 Å². The van der Waals surface area contributed by atoms with Crippen molar-refractivity contribution in [3.63, 3.8) is 0 Å². The SMILES string of the molecule is C1CC[Si]OC1.NOS(=O)(=O)[O-]. The van der Waals surface area contributed by atoms with Gasteiger partial charge < -0.3 is 8.98 Å².